The number of aliphatic hydroxyl groups is 1. The van der Waals surface area contributed by atoms with Crippen molar-refractivity contribution in [1.82, 2.24) is 14.9 Å². The Morgan fingerprint density at radius 3 is 2.82 bits per heavy atom. The van der Waals surface area contributed by atoms with Crippen molar-refractivity contribution >= 4 is 34.5 Å². The number of cyclic esters (lactones) is 1. The van der Waals surface area contributed by atoms with Crippen LogP contribution in [0.1, 0.15) is 66.1 Å². The van der Waals surface area contributed by atoms with Crippen molar-refractivity contribution in [3.05, 3.63) is 73.2 Å². The maximum atomic E-state index is 15.0. The van der Waals surface area contributed by atoms with Crippen LogP contribution >= 0.6 is 11.8 Å². The molecule has 8 nitrogen and oxygen atoms in total. The third-order valence-electron chi connectivity index (χ3n) is 8.16. The summed E-state index contributed by atoms with van der Waals surface area (Å²) in [5.74, 6) is -1.06. The number of aromatic nitrogens is 2. The van der Waals surface area contributed by atoms with Crippen molar-refractivity contribution in [2.24, 2.45) is 0 Å². The molecule has 2 atom stereocenters. The first-order valence-electron chi connectivity index (χ1n) is 12.9. The molecule has 10 heteroatoms. The number of carbonyl (C=O) groups excluding carboxylic acids is 2. The fourth-order valence-corrected chi connectivity index (χ4v) is 6.58. The van der Waals surface area contributed by atoms with Gasteiger partial charge in [0.25, 0.3) is 5.56 Å². The SMILES string of the molecule is C=C(C)SCC(=O)N[C@H]1CCc2c(C)c(F)cc3nc4c(c1c23)Cn1c-4cc2c(c1=O)COC(=O)[C@]2(O)CC. The summed E-state index contributed by atoms with van der Waals surface area (Å²) in [6.07, 6.45) is 1.19. The molecule has 2 N–H and O–H groups in total. The first-order chi connectivity index (χ1) is 18.5. The number of fused-ring (bicyclic) bond motifs is 5. The van der Waals surface area contributed by atoms with Crippen molar-refractivity contribution in [3.8, 4) is 11.4 Å². The van der Waals surface area contributed by atoms with E-state index in [4.69, 9.17) is 9.72 Å². The summed E-state index contributed by atoms with van der Waals surface area (Å²) in [4.78, 5) is 44.7. The van der Waals surface area contributed by atoms with Gasteiger partial charge in [-0.1, -0.05) is 13.5 Å². The number of nitrogens with one attached hydrogen (secondary N) is 1. The summed E-state index contributed by atoms with van der Waals surface area (Å²) >= 11 is 1.37. The minimum atomic E-state index is -1.94. The molecule has 1 amide bonds. The molecule has 6 rings (SSSR count). The monoisotopic (exact) mass is 549 g/mol. The van der Waals surface area contributed by atoms with Gasteiger partial charge in [-0.25, -0.2) is 14.2 Å². The van der Waals surface area contributed by atoms with Gasteiger partial charge in [-0.15, -0.1) is 11.8 Å². The Bertz CT molecular complexity index is 1700. The largest absolute Gasteiger partial charge is 0.458 e. The maximum Gasteiger partial charge on any atom is 0.343 e. The first kappa shape index (κ1) is 25.8. The molecule has 0 radical (unpaired) electrons. The van der Waals surface area contributed by atoms with Gasteiger partial charge in [-0.2, -0.15) is 0 Å². The zero-order valence-electron chi connectivity index (χ0n) is 21.9. The van der Waals surface area contributed by atoms with Crippen molar-refractivity contribution in [3.63, 3.8) is 0 Å². The number of benzene rings is 1. The molecule has 202 valence electrons. The summed E-state index contributed by atoms with van der Waals surface area (Å²) in [6, 6.07) is 2.69. The molecule has 39 heavy (non-hydrogen) atoms. The lowest BCUT2D eigenvalue weighted by atomic mass is 9.81. The number of carbonyl (C=O) groups is 2. The minimum absolute atomic E-state index is 0.0368. The number of esters is 1. The maximum absolute atomic E-state index is 15.0. The molecule has 2 aliphatic heterocycles. The van der Waals surface area contributed by atoms with Gasteiger partial charge >= 0.3 is 5.97 Å². The average Bonchev–Trinajstić information content (AvgIpc) is 3.27. The molecule has 0 bridgehead atoms. The van der Waals surface area contributed by atoms with E-state index < -0.39 is 11.6 Å². The molecule has 1 aliphatic carbocycles. The quantitative estimate of drug-likeness (QED) is 0.364. The summed E-state index contributed by atoms with van der Waals surface area (Å²) in [6.45, 7) is 9.07. The van der Waals surface area contributed by atoms with Gasteiger partial charge in [0.1, 0.15) is 12.4 Å². The topological polar surface area (TPSA) is 111 Å². The van der Waals surface area contributed by atoms with Crippen LogP contribution < -0.4 is 10.9 Å². The van der Waals surface area contributed by atoms with Crippen LogP contribution in [0.15, 0.2) is 28.4 Å². The summed E-state index contributed by atoms with van der Waals surface area (Å²) in [5.41, 5.74) is 2.56. The second kappa shape index (κ2) is 9.02. The van der Waals surface area contributed by atoms with Crippen LogP contribution in [0, 0.1) is 12.7 Å². The molecule has 3 aliphatic rings. The molecule has 0 spiro atoms. The molecule has 0 fully saturated rings. The number of rotatable bonds is 5. The predicted molar refractivity (Wildman–Crippen MR) is 146 cm³/mol. The number of hydrogen-bond acceptors (Lipinski definition) is 7. The molecular formula is C29H28FN3O5S. The van der Waals surface area contributed by atoms with Gasteiger partial charge in [0.2, 0.25) is 5.91 Å². The van der Waals surface area contributed by atoms with Gasteiger partial charge in [0.15, 0.2) is 5.60 Å². The second-order valence-corrected chi connectivity index (χ2v) is 11.7. The van der Waals surface area contributed by atoms with Crippen LogP contribution in [0.5, 0.6) is 0 Å². The van der Waals surface area contributed by atoms with E-state index in [1.54, 1.807) is 24.5 Å². The zero-order valence-corrected chi connectivity index (χ0v) is 22.8. The Kier molecular flexibility index (Phi) is 5.96. The molecular weight excluding hydrogens is 521 g/mol. The average molecular weight is 550 g/mol. The molecule has 4 heterocycles. The van der Waals surface area contributed by atoms with Crippen molar-refractivity contribution < 1.29 is 23.8 Å². The fourth-order valence-electron chi connectivity index (χ4n) is 6.12. The Balaban J connectivity index is 1.58. The van der Waals surface area contributed by atoms with E-state index in [0.717, 1.165) is 27.0 Å². The summed E-state index contributed by atoms with van der Waals surface area (Å²) < 4.78 is 21.7. The lowest BCUT2D eigenvalue weighted by Crippen LogP contribution is -2.44. The van der Waals surface area contributed by atoms with Gasteiger partial charge in [-0.05, 0) is 60.8 Å². The number of thioether (sulfide) groups is 1. The molecule has 2 aromatic heterocycles. The molecule has 0 unspecified atom stereocenters. The first-order valence-corrected chi connectivity index (χ1v) is 13.9. The number of amides is 1. The van der Waals surface area contributed by atoms with Gasteiger partial charge in [0, 0.05) is 22.6 Å². The number of pyridine rings is 2. The minimum Gasteiger partial charge on any atom is -0.458 e. The standard InChI is InChI=1S/C29H28FN3O5S/c1-5-29(37)18-8-22-26-16(10-33(22)27(35)17(18)11-38-28(29)36)25-20(31-23(34)12-39-13(2)3)7-6-15-14(4)19(30)9-21(32-26)24(15)25/h8-9,20,37H,2,5-7,10-12H2,1,3-4H3,(H,31,34)/t20-,29-/m0/s1. The van der Waals surface area contributed by atoms with E-state index in [-0.39, 0.29) is 59.8 Å². The smallest absolute Gasteiger partial charge is 0.343 e. The third kappa shape index (κ3) is 3.76. The van der Waals surface area contributed by atoms with E-state index in [2.05, 4.69) is 11.9 Å². The third-order valence-corrected chi connectivity index (χ3v) is 9.06. The van der Waals surface area contributed by atoms with Crippen molar-refractivity contribution in [2.45, 2.75) is 64.8 Å². The molecule has 0 saturated heterocycles. The van der Waals surface area contributed by atoms with Gasteiger partial charge in [-0.3, -0.25) is 9.59 Å². The highest BCUT2D eigenvalue weighted by molar-refractivity contribution is 8.03. The van der Waals surface area contributed by atoms with E-state index in [9.17, 15) is 19.5 Å². The van der Waals surface area contributed by atoms with Crippen molar-refractivity contribution in [2.75, 3.05) is 5.75 Å². The Morgan fingerprint density at radius 2 is 2.10 bits per heavy atom. The fraction of sp³-hybridized carbons (Fsp3) is 0.379. The predicted octanol–water partition coefficient (Wildman–Crippen LogP) is 3.90. The van der Waals surface area contributed by atoms with Crippen molar-refractivity contribution in [1.29, 1.82) is 0 Å². The number of allylic oxidation sites excluding steroid dienone is 1. The van der Waals surface area contributed by atoms with Crippen LogP contribution in [-0.2, 0) is 39.5 Å². The van der Waals surface area contributed by atoms with Gasteiger partial charge in [0.05, 0.1) is 40.8 Å². The van der Waals surface area contributed by atoms with Crippen LogP contribution in [0.4, 0.5) is 4.39 Å². The number of ether oxygens (including phenoxy) is 1. The second-order valence-electron chi connectivity index (χ2n) is 10.5. The van der Waals surface area contributed by atoms with Crippen LogP contribution in [0.25, 0.3) is 22.3 Å². The van der Waals surface area contributed by atoms with E-state index in [1.165, 1.54) is 17.8 Å². The number of halogens is 1. The number of hydrogen-bond donors (Lipinski definition) is 2. The lowest BCUT2D eigenvalue weighted by molar-refractivity contribution is -0.172. The highest BCUT2D eigenvalue weighted by atomic mass is 32.2. The zero-order chi connectivity index (χ0) is 27.8. The van der Waals surface area contributed by atoms with Gasteiger partial charge < -0.3 is 19.7 Å². The summed E-state index contributed by atoms with van der Waals surface area (Å²) in [7, 11) is 0. The van der Waals surface area contributed by atoms with Crippen LogP contribution in [-0.4, -0.2) is 32.3 Å². The number of aryl methyl sites for hydroxylation is 1. The lowest BCUT2D eigenvalue weighted by Gasteiger charge is -2.31. The van der Waals surface area contributed by atoms with Crippen LogP contribution in [0.3, 0.4) is 0 Å². The summed E-state index contributed by atoms with van der Waals surface area (Å²) in [5, 5.41) is 15.1. The van der Waals surface area contributed by atoms with E-state index >= 15 is 4.39 Å². The Hall–Kier alpha value is -3.50. The molecule has 1 aromatic carbocycles. The highest BCUT2D eigenvalue weighted by Crippen LogP contribution is 2.46. The van der Waals surface area contributed by atoms with E-state index in [1.807, 2.05) is 6.92 Å². The molecule has 3 aromatic rings. The Labute approximate surface area is 228 Å². The normalized spacial score (nSPS) is 20.7. The highest BCUT2D eigenvalue weighted by Gasteiger charge is 2.46. The van der Waals surface area contributed by atoms with E-state index in [0.29, 0.717) is 35.3 Å². The molecule has 0 saturated carbocycles. The van der Waals surface area contributed by atoms with Crippen LogP contribution in [0.2, 0.25) is 0 Å². The number of nitrogens with zero attached hydrogens (tertiary/aromatic N) is 2. The Morgan fingerprint density at radius 1 is 1.33 bits per heavy atom.